The number of methoxy groups -OCH3 is 1. The monoisotopic (exact) mass is 423 g/mol. The van der Waals surface area contributed by atoms with Gasteiger partial charge in [0.1, 0.15) is 0 Å². The van der Waals surface area contributed by atoms with E-state index >= 15 is 0 Å². The molecule has 0 saturated carbocycles. The maximum Gasteiger partial charge on any atom is 0.328 e. The number of esters is 1. The van der Waals surface area contributed by atoms with Gasteiger partial charge in [0.05, 0.1) is 7.11 Å². The van der Waals surface area contributed by atoms with Crippen LogP contribution in [0, 0.1) is 0 Å². The number of unbranched alkanes of at least 4 members (excludes halogenated alkanes) is 1. The second kappa shape index (κ2) is 9.53. The van der Waals surface area contributed by atoms with E-state index in [9.17, 15) is 13.2 Å². The molecule has 3 rings (SSSR count). The summed E-state index contributed by atoms with van der Waals surface area (Å²) in [5.41, 5.74) is 2.29. The van der Waals surface area contributed by atoms with E-state index in [4.69, 9.17) is 4.74 Å². The smallest absolute Gasteiger partial charge is 0.328 e. The highest BCUT2D eigenvalue weighted by atomic mass is 32.2. The second-order valence-corrected chi connectivity index (χ2v) is 10.4. The van der Waals surface area contributed by atoms with Crippen LogP contribution in [0.25, 0.3) is 0 Å². The first-order valence-electron chi connectivity index (χ1n) is 10.7. The highest BCUT2D eigenvalue weighted by Gasteiger charge is 2.55. The summed E-state index contributed by atoms with van der Waals surface area (Å²) >= 11 is 0. The third kappa shape index (κ3) is 4.49. The Kier molecular flexibility index (Phi) is 7.29. The summed E-state index contributed by atoms with van der Waals surface area (Å²) in [4.78, 5) is 17.1. The van der Waals surface area contributed by atoms with Crippen molar-refractivity contribution in [2.75, 3.05) is 33.3 Å². The number of nitrogens with one attached hydrogen (secondary N) is 1. The molecule has 0 bridgehead atoms. The number of nitrogens with zero attached hydrogens (tertiary/aromatic N) is 2. The number of piperidine rings is 2. The molecule has 2 aliphatic heterocycles. The Bertz CT molecular complexity index is 781. The minimum atomic E-state index is -3.78. The van der Waals surface area contributed by atoms with Crippen LogP contribution in [-0.4, -0.2) is 61.7 Å². The largest absolute Gasteiger partial charge is 0.468 e. The quantitative estimate of drug-likeness (QED) is 0.677. The number of hydrogen-bond acceptors (Lipinski definition) is 6. The first kappa shape index (κ1) is 22.2. The van der Waals surface area contributed by atoms with Gasteiger partial charge in [-0.05, 0) is 63.2 Å². The molecule has 0 aromatic carbocycles. The van der Waals surface area contributed by atoms with Crippen molar-refractivity contribution in [3.63, 3.8) is 0 Å². The second-order valence-electron chi connectivity index (χ2n) is 8.11. The van der Waals surface area contributed by atoms with Crippen LogP contribution in [0.3, 0.4) is 0 Å². The molecule has 8 heteroatoms. The van der Waals surface area contributed by atoms with E-state index in [1.165, 1.54) is 17.0 Å². The number of rotatable bonds is 7. The van der Waals surface area contributed by atoms with Gasteiger partial charge in [-0.1, -0.05) is 19.4 Å². The number of aromatic nitrogens is 1. The summed E-state index contributed by atoms with van der Waals surface area (Å²) in [6.45, 7) is 4.01. The number of pyridine rings is 1. The summed E-state index contributed by atoms with van der Waals surface area (Å²) in [6, 6.07) is 4.23. The van der Waals surface area contributed by atoms with Crippen LogP contribution in [0.4, 0.5) is 0 Å². The van der Waals surface area contributed by atoms with Crippen LogP contribution in [0.1, 0.15) is 62.6 Å². The lowest BCUT2D eigenvalue weighted by Gasteiger charge is -2.40. The summed E-state index contributed by atoms with van der Waals surface area (Å²) in [6.07, 6.45) is 7.27. The molecule has 0 radical (unpaired) electrons. The normalized spacial score (nSPS) is 21.0. The number of hydrogen-bond donors (Lipinski definition) is 1. The summed E-state index contributed by atoms with van der Waals surface area (Å²) in [5, 5.41) is 3.14. The van der Waals surface area contributed by atoms with Gasteiger partial charge < -0.3 is 10.1 Å². The van der Waals surface area contributed by atoms with Crippen molar-refractivity contribution in [3.8, 4) is 0 Å². The predicted octanol–water partition coefficient (Wildman–Crippen LogP) is 2.23. The van der Waals surface area contributed by atoms with E-state index in [1.54, 1.807) is 0 Å². The average Bonchev–Trinajstić information content (AvgIpc) is 2.78. The molecule has 1 aromatic rings. The highest BCUT2D eigenvalue weighted by Crippen LogP contribution is 2.36. The Labute approximate surface area is 174 Å². The number of ether oxygens (including phenoxy) is 1. The molecule has 0 unspecified atom stereocenters. The summed E-state index contributed by atoms with van der Waals surface area (Å²) < 4.78 is 31.8. The first-order valence-corrected chi connectivity index (χ1v) is 12.1. The van der Waals surface area contributed by atoms with Gasteiger partial charge in [-0.15, -0.1) is 0 Å². The van der Waals surface area contributed by atoms with Crippen molar-refractivity contribution in [1.82, 2.24) is 14.6 Å². The van der Waals surface area contributed by atoms with E-state index in [0.717, 1.165) is 37.8 Å². The van der Waals surface area contributed by atoms with Gasteiger partial charge in [0.15, 0.2) is 4.75 Å². The fourth-order valence-electron chi connectivity index (χ4n) is 4.43. The molecular formula is C21H33N3O4S. The van der Waals surface area contributed by atoms with Gasteiger partial charge in [-0.25, -0.2) is 12.7 Å². The molecule has 0 spiro atoms. The zero-order valence-corrected chi connectivity index (χ0v) is 18.3. The number of aryl methyl sites for hydroxylation is 1. The van der Waals surface area contributed by atoms with E-state index in [0.29, 0.717) is 26.2 Å². The molecule has 1 aromatic heterocycles. The molecule has 2 aliphatic rings. The van der Waals surface area contributed by atoms with Gasteiger partial charge >= 0.3 is 5.97 Å². The van der Waals surface area contributed by atoms with E-state index in [1.807, 2.05) is 6.20 Å². The van der Waals surface area contributed by atoms with Gasteiger partial charge in [-0.2, -0.15) is 0 Å². The Morgan fingerprint density at radius 1 is 1.28 bits per heavy atom. The molecule has 29 heavy (non-hydrogen) atoms. The Morgan fingerprint density at radius 2 is 1.97 bits per heavy atom. The van der Waals surface area contributed by atoms with Crippen LogP contribution in [-0.2, 0) is 26.0 Å². The Balaban J connectivity index is 1.68. The van der Waals surface area contributed by atoms with Crippen molar-refractivity contribution in [3.05, 3.63) is 29.6 Å². The van der Waals surface area contributed by atoms with Crippen LogP contribution in [0.2, 0.25) is 0 Å². The maximum atomic E-state index is 13.4. The van der Waals surface area contributed by atoms with Crippen molar-refractivity contribution in [2.45, 2.75) is 62.5 Å². The average molecular weight is 424 g/mol. The lowest BCUT2D eigenvalue weighted by molar-refractivity contribution is -0.144. The summed E-state index contributed by atoms with van der Waals surface area (Å²) in [7, 11) is -2.51. The Morgan fingerprint density at radius 3 is 2.52 bits per heavy atom. The standard InChI is InChI=1S/C21H33N3O4S/c1-3-4-5-17-6-7-19(23-16-17)18-8-14-24(15-9-18)29(26,27)21(20(25)28-2)10-12-22-13-11-21/h6-7,16,18,22H,3-5,8-15H2,1-2H3. The third-order valence-corrected chi connectivity index (χ3v) is 8.95. The number of carbonyl (C=O) groups is 1. The molecule has 7 nitrogen and oxygen atoms in total. The molecule has 2 fully saturated rings. The minimum absolute atomic E-state index is 0.253. The molecule has 2 saturated heterocycles. The van der Waals surface area contributed by atoms with Gasteiger partial charge in [-0.3, -0.25) is 9.78 Å². The number of sulfonamides is 1. The van der Waals surface area contributed by atoms with Crippen molar-refractivity contribution in [2.24, 2.45) is 0 Å². The topological polar surface area (TPSA) is 88.6 Å². The molecular weight excluding hydrogens is 390 g/mol. The van der Waals surface area contributed by atoms with Crippen LogP contribution in [0.5, 0.6) is 0 Å². The van der Waals surface area contributed by atoms with E-state index in [-0.39, 0.29) is 18.8 Å². The van der Waals surface area contributed by atoms with E-state index in [2.05, 4.69) is 29.4 Å². The lowest BCUT2D eigenvalue weighted by atomic mass is 9.93. The van der Waals surface area contributed by atoms with Crippen LogP contribution in [0.15, 0.2) is 18.3 Å². The summed E-state index contributed by atoms with van der Waals surface area (Å²) in [5.74, 6) is -0.380. The highest BCUT2D eigenvalue weighted by molar-refractivity contribution is 7.91. The molecule has 0 atom stereocenters. The maximum absolute atomic E-state index is 13.4. The predicted molar refractivity (Wildman–Crippen MR) is 112 cm³/mol. The zero-order valence-electron chi connectivity index (χ0n) is 17.5. The lowest BCUT2D eigenvalue weighted by Crippen LogP contribution is -2.59. The molecule has 0 aliphatic carbocycles. The fourth-order valence-corrected chi connectivity index (χ4v) is 6.63. The molecule has 0 amide bonds. The van der Waals surface area contributed by atoms with Crippen LogP contribution >= 0.6 is 0 Å². The minimum Gasteiger partial charge on any atom is -0.468 e. The SMILES string of the molecule is CCCCc1ccc(C2CCN(S(=O)(=O)C3(C(=O)OC)CCNCC3)CC2)nc1. The fraction of sp³-hybridized carbons (Fsp3) is 0.714. The molecule has 1 N–H and O–H groups in total. The van der Waals surface area contributed by atoms with Crippen molar-refractivity contribution < 1.29 is 17.9 Å². The molecule has 3 heterocycles. The van der Waals surface area contributed by atoms with Crippen LogP contribution < -0.4 is 5.32 Å². The third-order valence-electron chi connectivity index (χ3n) is 6.34. The number of carbonyl (C=O) groups excluding carboxylic acids is 1. The van der Waals surface area contributed by atoms with Gasteiger partial charge in [0.25, 0.3) is 0 Å². The van der Waals surface area contributed by atoms with Gasteiger partial charge in [0, 0.05) is 30.9 Å². The van der Waals surface area contributed by atoms with Crippen molar-refractivity contribution >= 4 is 16.0 Å². The van der Waals surface area contributed by atoms with Gasteiger partial charge in [0.2, 0.25) is 10.0 Å². The van der Waals surface area contributed by atoms with E-state index < -0.39 is 20.7 Å². The first-order chi connectivity index (χ1) is 13.9. The van der Waals surface area contributed by atoms with Crippen molar-refractivity contribution in [1.29, 1.82) is 0 Å². The zero-order chi connectivity index (χ0) is 20.9. The molecule has 162 valence electrons. The Hall–Kier alpha value is -1.51.